The van der Waals surface area contributed by atoms with Gasteiger partial charge < -0.3 is 66.6 Å². The van der Waals surface area contributed by atoms with Gasteiger partial charge in [0.25, 0.3) is 0 Å². The van der Waals surface area contributed by atoms with E-state index < -0.39 is 0 Å². The second-order valence-electron chi connectivity index (χ2n) is 0.638. The van der Waals surface area contributed by atoms with Crippen LogP contribution in [0.15, 0.2) is 0 Å². The van der Waals surface area contributed by atoms with Gasteiger partial charge in [-0.15, -0.1) is 0 Å². The molecule has 0 rings (SSSR count). The minimum absolute atomic E-state index is 0. The molecule has 6 N–H and O–H groups in total. The van der Waals surface area contributed by atoms with Crippen LogP contribution in [-0.4, -0.2) is 14.1 Å². The van der Waals surface area contributed by atoms with Gasteiger partial charge in [0.1, 0.15) is 0 Å². The van der Waals surface area contributed by atoms with Crippen LogP contribution in [0.2, 0.25) is 0 Å². The molecular formula is C2H6K2N2OS4. The summed E-state index contributed by atoms with van der Waals surface area (Å²) in [7, 11) is 0. The standard InChI is InChI=1S/2CH3NS2.2K.H2O/c2*2-1(3)4;;;/h2*(H3,2,3,4);;;1H2/q;;2*+1;/p-2. The average molecular weight is 281 g/mol. The van der Waals surface area contributed by atoms with Gasteiger partial charge in [-0.2, -0.15) is 0 Å². The minimum Gasteiger partial charge on any atom is -0.415 e. The number of hydrogen-bond donors (Lipinski definition) is 2. The van der Waals surface area contributed by atoms with Crippen LogP contribution in [0.3, 0.4) is 0 Å². The molecule has 0 aromatic heterocycles. The number of thiocarbonyl (C=S) groups is 2. The number of nitrogens with two attached hydrogens (primary N) is 2. The molecule has 0 amide bonds. The Morgan fingerprint density at radius 3 is 0.909 bits per heavy atom. The van der Waals surface area contributed by atoms with E-state index in [0.29, 0.717) is 0 Å². The molecule has 0 aliphatic rings. The quantitative estimate of drug-likeness (QED) is 0.261. The molecule has 0 heterocycles. The maximum atomic E-state index is 4.66. The predicted molar refractivity (Wildman–Crippen MR) is 51.9 cm³/mol. The van der Waals surface area contributed by atoms with Crippen molar-refractivity contribution in [3.63, 3.8) is 0 Å². The fourth-order valence-electron chi connectivity index (χ4n) is 0. The first-order valence-electron chi connectivity index (χ1n) is 1.39. The van der Waals surface area contributed by atoms with Crippen molar-refractivity contribution in [2.24, 2.45) is 11.5 Å². The maximum absolute atomic E-state index is 4.66. The topological polar surface area (TPSA) is 83.5 Å². The van der Waals surface area contributed by atoms with Crippen molar-refractivity contribution < 1.29 is 108 Å². The maximum Gasteiger partial charge on any atom is 1.00 e. The Hall–Kier alpha value is 3.45. The monoisotopic (exact) mass is 280 g/mol. The van der Waals surface area contributed by atoms with E-state index in [1.807, 2.05) is 0 Å². The van der Waals surface area contributed by atoms with Gasteiger partial charge >= 0.3 is 103 Å². The summed E-state index contributed by atoms with van der Waals surface area (Å²) in [4.78, 5) is 0. The summed E-state index contributed by atoms with van der Waals surface area (Å²) in [6, 6.07) is 0. The Morgan fingerprint density at radius 1 is 0.909 bits per heavy atom. The van der Waals surface area contributed by atoms with E-state index in [1.54, 1.807) is 0 Å². The van der Waals surface area contributed by atoms with Crippen molar-refractivity contribution >= 4 is 58.3 Å². The van der Waals surface area contributed by atoms with Crippen molar-refractivity contribution in [3.05, 3.63) is 0 Å². The van der Waals surface area contributed by atoms with E-state index in [0.717, 1.165) is 0 Å². The third kappa shape index (κ3) is 148. The molecule has 56 valence electrons. The summed E-state index contributed by atoms with van der Waals surface area (Å²) >= 11 is 16.5. The molecular weight excluding hydrogens is 274 g/mol. The Morgan fingerprint density at radius 2 is 0.909 bits per heavy atom. The normalized spacial score (nSPS) is 4.36. The molecule has 11 heavy (non-hydrogen) atoms. The van der Waals surface area contributed by atoms with Gasteiger partial charge in [-0.1, -0.05) is 8.64 Å². The van der Waals surface area contributed by atoms with Crippen LogP contribution in [0, 0.1) is 0 Å². The summed E-state index contributed by atoms with van der Waals surface area (Å²) in [5.74, 6) is 0. The fraction of sp³-hybridized carbons (Fsp3) is 0. The van der Waals surface area contributed by atoms with Crippen molar-refractivity contribution in [3.8, 4) is 0 Å². The van der Waals surface area contributed by atoms with Crippen LogP contribution in [0.1, 0.15) is 0 Å². The van der Waals surface area contributed by atoms with Crippen molar-refractivity contribution in [2.75, 3.05) is 0 Å². The molecule has 0 aliphatic carbocycles. The zero-order valence-corrected chi connectivity index (χ0v) is 15.8. The third-order valence-electron chi connectivity index (χ3n) is 0. The SMILES string of the molecule is NC(=S)[S-].NC(=S)[S-].O.[K+].[K+]. The molecule has 0 fully saturated rings. The second-order valence-corrected chi connectivity index (χ2v) is 2.91. The largest absolute Gasteiger partial charge is 1.00 e. The first-order valence-corrected chi connectivity index (χ1v) is 3.03. The van der Waals surface area contributed by atoms with E-state index in [1.165, 1.54) is 0 Å². The molecule has 0 radical (unpaired) electrons. The van der Waals surface area contributed by atoms with Crippen LogP contribution in [0.5, 0.6) is 0 Å². The zero-order chi connectivity index (χ0) is 7.15. The van der Waals surface area contributed by atoms with Crippen molar-refractivity contribution in [2.45, 2.75) is 0 Å². The Labute approximate surface area is 173 Å². The van der Waals surface area contributed by atoms with E-state index in [2.05, 4.69) is 61.2 Å². The molecule has 0 saturated heterocycles. The molecule has 0 atom stereocenters. The molecule has 0 aliphatic heterocycles. The summed E-state index contributed by atoms with van der Waals surface area (Å²) in [6.45, 7) is 0. The molecule has 3 nitrogen and oxygen atoms in total. The van der Waals surface area contributed by atoms with Crippen LogP contribution >= 0.6 is 24.4 Å². The smallest absolute Gasteiger partial charge is 0.415 e. The van der Waals surface area contributed by atoms with Gasteiger partial charge in [0.05, 0.1) is 0 Å². The molecule has 0 unspecified atom stereocenters. The summed E-state index contributed by atoms with van der Waals surface area (Å²) in [6.07, 6.45) is 0. The number of rotatable bonds is 0. The Bertz CT molecular complexity index is 82.1. The van der Waals surface area contributed by atoms with E-state index in [-0.39, 0.29) is 117 Å². The van der Waals surface area contributed by atoms with Crippen LogP contribution in [0.25, 0.3) is 0 Å². The second kappa shape index (κ2) is 23.3. The van der Waals surface area contributed by atoms with Crippen LogP contribution in [-0.2, 0) is 25.3 Å². The zero-order valence-electron chi connectivity index (χ0n) is 6.29. The van der Waals surface area contributed by atoms with Crippen LogP contribution in [0.4, 0.5) is 0 Å². The third-order valence-corrected chi connectivity index (χ3v) is 0. The molecule has 0 aromatic carbocycles. The summed E-state index contributed by atoms with van der Waals surface area (Å²) < 4.78 is 0.167. The van der Waals surface area contributed by atoms with Crippen LogP contribution < -0.4 is 114 Å². The Kier molecular flexibility index (Phi) is 62.1. The van der Waals surface area contributed by atoms with E-state index in [9.17, 15) is 0 Å². The Balaban J connectivity index is -0.0000000171. The van der Waals surface area contributed by atoms with Crippen molar-refractivity contribution in [1.82, 2.24) is 0 Å². The van der Waals surface area contributed by atoms with Gasteiger partial charge in [0.15, 0.2) is 0 Å². The fourth-order valence-corrected chi connectivity index (χ4v) is 0. The molecule has 0 spiro atoms. The molecule has 9 heteroatoms. The molecule has 0 aromatic rings. The van der Waals surface area contributed by atoms with Gasteiger partial charge in [0, 0.05) is 0 Å². The first-order chi connectivity index (χ1) is 3.46. The summed E-state index contributed by atoms with van der Waals surface area (Å²) in [5, 5.41) is 0. The number of hydrogen-bond acceptors (Lipinski definition) is 4. The summed E-state index contributed by atoms with van der Waals surface area (Å²) in [5.41, 5.74) is 9.31. The van der Waals surface area contributed by atoms with E-state index in [4.69, 9.17) is 0 Å². The van der Waals surface area contributed by atoms with Gasteiger partial charge in [0.2, 0.25) is 0 Å². The van der Waals surface area contributed by atoms with Gasteiger partial charge in [-0.05, 0) is 0 Å². The van der Waals surface area contributed by atoms with Gasteiger partial charge in [-0.25, -0.2) is 0 Å². The molecule has 0 saturated carbocycles. The van der Waals surface area contributed by atoms with Gasteiger partial charge in [-0.3, -0.25) is 0 Å². The minimum atomic E-state index is 0. The molecule has 0 bridgehead atoms. The predicted octanol–water partition coefficient (Wildman–Crippen LogP) is -7.26. The average Bonchev–Trinajstić information content (AvgIpc) is 1.25. The van der Waals surface area contributed by atoms with E-state index >= 15 is 0 Å². The van der Waals surface area contributed by atoms with Crippen molar-refractivity contribution in [1.29, 1.82) is 0 Å². The first kappa shape index (κ1) is 29.3.